The van der Waals surface area contributed by atoms with Crippen LogP contribution in [0.5, 0.6) is 0 Å². The maximum Gasteiger partial charge on any atom is 0.472 e. The molecule has 194 valence electrons. The molecule has 1 aliphatic heterocycles. The van der Waals surface area contributed by atoms with Crippen molar-refractivity contribution in [2.45, 2.75) is 84.3 Å². The van der Waals surface area contributed by atoms with E-state index in [0.717, 1.165) is 12.8 Å². The molecule has 0 aromatic carbocycles. The minimum Gasteiger partial charge on any atom is -0.376 e. The molecule has 2 unspecified atom stereocenters. The molecule has 1 aromatic heterocycles. The number of phosphoric acid groups is 1. The second-order valence-corrected chi connectivity index (χ2v) is 10.4. The Labute approximate surface area is 205 Å². The number of hydrogen-bond donors (Lipinski definition) is 2. The molecule has 35 heavy (non-hydrogen) atoms. The van der Waals surface area contributed by atoms with Crippen LogP contribution in [0.3, 0.4) is 0 Å². The standard InChI is InChI=1S/C24H35N2O8P/c1-6-7-8-9-10-11-12-19-14-26(24(28)25-23(19)27)22-13-20(21(33-22)16-31-18(4)5)34-35(29,30)32-15-17(2)3/h1,14,17-18,20-22H,7-10,13,15-16H2,2-5H3,(H,29,30)(H,25,27,28)/t20?,21-,22-/m1/s1. The number of nitrogens with zero attached hydrogens (tertiary/aromatic N) is 1. The largest absolute Gasteiger partial charge is 0.472 e. The van der Waals surface area contributed by atoms with Crippen molar-refractivity contribution in [1.29, 1.82) is 0 Å². The first-order valence-electron chi connectivity index (χ1n) is 11.7. The number of ether oxygens (including phenoxy) is 2. The summed E-state index contributed by atoms with van der Waals surface area (Å²) < 4.78 is 35.7. The van der Waals surface area contributed by atoms with Crippen molar-refractivity contribution in [2.75, 3.05) is 13.2 Å². The Kier molecular flexibility index (Phi) is 11.5. The first-order valence-corrected chi connectivity index (χ1v) is 13.2. The summed E-state index contributed by atoms with van der Waals surface area (Å²) in [4.78, 5) is 37.2. The van der Waals surface area contributed by atoms with E-state index in [2.05, 4.69) is 22.7 Å². The Morgan fingerprint density at radius 1 is 1.29 bits per heavy atom. The van der Waals surface area contributed by atoms with Crippen molar-refractivity contribution in [3.8, 4) is 24.2 Å². The van der Waals surface area contributed by atoms with Gasteiger partial charge in [0.15, 0.2) is 0 Å². The Bertz CT molecular complexity index is 1090. The summed E-state index contributed by atoms with van der Waals surface area (Å²) in [6.07, 6.45) is 6.89. The molecule has 4 atom stereocenters. The van der Waals surface area contributed by atoms with Crippen LogP contribution in [0.1, 0.15) is 71.6 Å². The minimum atomic E-state index is -4.37. The van der Waals surface area contributed by atoms with Gasteiger partial charge < -0.3 is 14.4 Å². The average molecular weight is 511 g/mol. The lowest BCUT2D eigenvalue weighted by molar-refractivity contribution is -0.0746. The molecule has 1 fully saturated rings. The third-order valence-corrected chi connectivity index (χ3v) is 6.00. The van der Waals surface area contributed by atoms with Crippen molar-refractivity contribution in [3.63, 3.8) is 0 Å². The highest BCUT2D eigenvalue weighted by molar-refractivity contribution is 7.47. The predicted octanol–water partition coefficient (Wildman–Crippen LogP) is 2.95. The zero-order chi connectivity index (χ0) is 26.0. The molecular formula is C24H35N2O8P. The van der Waals surface area contributed by atoms with Crippen molar-refractivity contribution in [1.82, 2.24) is 9.55 Å². The second kappa shape index (κ2) is 13.8. The fourth-order valence-electron chi connectivity index (χ4n) is 3.25. The van der Waals surface area contributed by atoms with Gasteiger partial charge in [0, 0.05) is 25.5 Å². The van der Waals surface area contributed by atoms with E-state index in [9.17, 15) is 19.0 Å². The highest BCUT2D eigenvalue weighted by Crippen LogP contribution is 2.48. The Morgan fingerprint density at radius 3 is 2.66 bits per heavy atom. The number of aromatic nitrogens is 2. The number of rotatable bonds is 12. The number of nitrogens with one attached hydrogen (secondary N) is 1. The Hall–Kier alpha value is -2.17. The van der Waals surface area contributed by atoms with E-state index in [1.54, 1.807) is 0 Å². The Morgan fingerprint density at radius 2 is 2.00 bits per heavy atom. The zero-order valence-corrected chi connectivity index (χ0v) is 21.6. The summed E-state index contributed by atoms with van der Waals surface area (Å²) in [7, 11) is -4.37. The van der Waals surface area contributed by atoms with Gasteiger partial charge in [0.2, 0.25) is 0 Å². The molecule has 2 heterocycles. The molecule has 0 spiro atoms. The fraction of sp³-hybridized carbons (Fsp3) is 0.667. The fourth-order valence-corrected chi connectivity index (χ4v) is 4.36. The maximum absolute atomic E-state index is 12.5. The SMILES string of the molecule is C#CCCCCC#Cc1cn([C@H]2CC(OP(=O)(O)OCC(C)C)[C@@H](COC(C)C)O2)c(=O)[nH]c1=O. The van der Waals surface area contributed by atoms with Crippen LogP contribution >= 0.6 is 7.82 Å². The van der Waals surface area contributed by atoms with Crippen LogP contribution in [-0.4, -0.2) is 46.0 Å². The van der Waals surface area contributed by atoms with E-state index in [4.69, 9.17) is 24.9 Å². The molecule has 2 rings (SSSR count). The first kappa shape index (κ1) is 29.1. The summed E-state index contributed by atoms with van der Waals surface area (Å²) in [5.41, 5.74) is -1.18. The summed E-state index contributed by atoms with van der Waals surface area (Å²) in [6, 6.07) is 0. The number of aromatic amines is 1. The molecule has 0 aliphatic carbocycles. The summed E-state index contributed by atoms with van der Waals surface area (Å²) in [5.74, 6) is 8.30. The molecule has 0 bridgehead atoms. The lowest BCUT2D eigenvalue weighted by Gasteiger charge is -2.22. The normalized spacial score (nSPS) is 21.5. The van der Waals surface area contributed by atoms with Gasteiger partial charge in [0.1, 0.15) is 24.0 Å². The topological polar surface area (TPSA) is 129 Å². The Balaban J connectivity index is 2.22. The van der Waals surface area contributed by atoms with E-state index >= 15 is 0 Å². The van der Waals surface area contributed by atoms with E-state index < -0.39 is 37.5 Å². The number of phosphoric ester groups is 1. The van der Waals surface area contributed by atoms with Gasteiger partial charge in [-0.05, 0) is 32.6 Å². The van der Waals surface area contributed by atoms with E-state index in [1.165, 1.54) is 10.8 Å². The summed E-state index contributed by atoms with van der Waals surface area (Å²) in [5, 5.41) is 0. The van der Waals surface area contributed by atoms with Crippen LogP contribution in [0.2, 0.25) is 0 Å². The predicted molar refractivity (Wildman–Crippen MR) is 131 cm³/mol. The summed E-state index contributed by atoms with van der Waals surface area (Å²) >= 11 is 0. The van der Waals surface area contributed by atoms with E-state index in [1.807, 2.05) is 27.7 Å². The highest BCUT2D eigenvalue weighted by Gasteiger charge is 2.42. The molecule has 0 saturated carbocycles. The number of H-pyrrole nitrogens is 1. The van der Waals surface area contributed by atoms with Gasteiger partial charge in [-0.2, -0.15) is 0 Å². The van der Waals surface area contributed by atoms with Gasteiger partial charge in [-0.3, -0.25) is 23.4 Å². The third-order valence-electron chi connectivity index (χ3n) is 4.99. The zero-order valence-electron chi connectivity index (χ0n) is 20.7. The van der Waals surface area contributed by atoms with Gasteiger partial charge in [0.05, 0.1) is 19.3 Å². The van der Waals surface area contributed by atoms with Crippen molar-refractivity contribution < 1.29 is 28.0 Å². The second-order valence-electron chi connectivity index (χ2n) is 8.97. The molecule has 0 radical (unpaired) electrons. The van der Waals surface area contributed by atoms with Crippen LogP contribution in [0, 0.1) is 30.1 Å². The first-order chi connectivity index (χ1) is 16.5. The molecule has 1 aliphatic rings. The van der Waals surface area contributed by atoms with Crippen LogP contribution < -0.4 is 11.2 Å². The number of unbranched alkanes of at least 4 members (excludes halogenated alkanes) is 3. The summed E-state index contributed by atoms with van der Waals surface area (Å²) in [6.45, 7) is 7.49. The minimum absolute atomic E-state index is 0.0308. The van der Waals surface area contributed by atoms with Gasteiger partial charge in [-0.15, -0.1) is 12.3 Å². The van der Waals surface area contributed by atoms with E-state index in [0.29, 0.717) is 12.8 Å². The van der Waals surface area contributed by atoms with Crippen molar-refractivity contribution in [2.24, 2.45) is 5.92 Å². The van der Waals surface area contributed by atoms with Crippen LogP contribution in [0.25, 0.3) is 0 Å². The molecule has 1 aromatic rings. The lowest BCUT2D eigenvalue weighted by atomic mass is 10.2. The smallest absolute Gasteiger partial charge is 0.376 e. The van der Waals surface area contributed by atoms with E-state index in [-0.39, 0.29) is 37.2 Å². The molecule has 11 heteroatoms. The van der Waals surface area contributed by atoms with Gasteiger partial charge >= 0.3 is 13.5 Å². The monoisotopic (exact) mass is 510 g/mol. The van der Waals surface area contributed by atoms with Crippen molar-refractivity contribution in [3.05, 3.63) is 32.6 Å². The number of hydrogen-bond acceptors (Lipinski definition) is 7. The van der Waals surface area contributed by atoms with Gasteiger partial charge in [0.25, 0.3) is 5.56 Å². The van der Waals surface area contributed by atoms with Crippen molar-refractivity contribution >= 4 is 7.82 Å². The average Bonchev–Trinajstić information content (AvgIpc) is 3.16. The molecular weight excluding hydrogens is 475 g/mol. The van der Waals surface area contributed by atoms with Gasteiger partial charge in [-0.1, -0.05) is 25.7 Å². The molecule has 0 amide bonds. The number of terminal acetylenes is 1. The van der Waals surface area contributed by atoms with Gasteiger partial charge in [-0.25, -0.2) is 9.36 Å². The highest BCUT2D eigenvalue weighted by atomic mass is 31.2. The van der Waals surface area contributed by atoms with Crippen LogP contribution in [0.4, 0.5) is 0 Å². The third kappa shape index (κ3) is 9.77. The molecule has 10 nitrogen and oxygen atoms in total. The van der Waals surface area contributed by atoms with Crippen LogP contribution in [0.15, 0.2) is 15.8 Å². The quantitative estimate of drug-likeness (QED) is 0.250. The van der Waals surface area contributed by atoms with Crippen LogP contribution in [-0.2, 0) is 23.1 Å². The lowest BCUT2D eigenvalue weighted by Crippen LogP contribution is -2.34. The maximum atomic E-state index is 12.5. The molecule has 1 saturated heterocycles. The molecule has 2 N–H and O–H groups in total.